The SMILES string of the molecule is CC(=O)O.CC(=O)O.C[C@]12CCC(=O)C=C1CC[C@@H]1[C@@H]2[C@@H](O)C[C@@]2(C)[C@H]1CC[C@]2(O)C(=O)CO. The number of carbonyl (C=O) groups excluding carboxylic acids is 2. The van der Waals surface area contributed by atoms with E-state index in [2.05, 4.69) is 6.92 Å². The third-order valence-electron chi connectivity index (χ3n) is 8.65. The molecule has 9 heteroatoms. The van der Waals surface area contributed by atoms with Crippen molar-refractivity contribution in [3.8, 4) is 0 Å². The molecule has 4 aliphatic carbocycles. The summed E-state index contributed by atoms with van der Waals surface area (Å²) in [5.74, 6) is -1.53. The minimum absolute atomic E-state index is 0.0697. The van der Waals surface area contributed by atoms with Crippen LogP contribution in [0.3, 0.4) is 0 Å². The summed E-state index contributed by atoms with van der Waals surface area (Å²) < 4.78 is 0. The van der Waals surface area contributed by atoms with Crippen molar-refractivity contribution in [2.75, 3.05) is 6.61 Å². The molecule has 5 N–H and O–H groups in total. The molecule has 7 atom stereocenters. The fourth-order valence-electron chi connectivity index (χ4n) is 7.28. The van der Waals surface area contributed by atoms with E-state index in [1.54, 1.807) is 6.08 Å². The van der Waals surface area contributed by atoms with Gasteiger partial charge in [-0.1, -0.05) is 19.4 Å². The molecule has 3 fully saturated rings. The number of carboxylic acid groups (broad SMARTS) is 2. The summed E-state index contributed by atoms with van der Waals surface area (Å²) >= 11 is 0. The Labute approximate surface area is 199 Å². The fourth-order valence-corrected chi connectivity index (χ4v) is 7.28. The first-order valence-corrected chi connectivity index (χ1v) is 11.8. The van der Waals surface area contributed by atoms with E-state index in [-0.39, 0.29) is 29.0 Å². The molecule has 0 aromatic rings. The lowest BCUT2D eigenvalue weighted by atomic mass is 9.45. The number of carbonyl (C=O) groups is 4. The molecule has 0 amide bonds. The second-order valence-corrected chi connectivity index (χ2v) is 10.6. The molecular weight excluding hydrogens is 444 g/mol. The largest absolute Gasteiger partial charge is 0.481 e. The maximum atomic E-state index is 12.4. The van der Waals surface area contributed by atoms with E-state index in [1.165, 1.54) is 5.57 Å². The van der Waals surface area contributed by atoms with Gasteiger partial charge in [0.2, 0.25) is 0 Å². The lowest BCUT2D eigenvalue weighted by molar-refractivity contribution is -0.182. The Bertz CT molecular complexity index is 844. The first-order valence-electron chi connectivity index (χ1n) is 11.8. The van der Waals surface area contributed by atoms with Crippen molar-refractivity contribution < 1.29 is 44.7 Å². The van der Waals surface area contributed by atoms with Gasteiger partial charge >= 0.3 is 0 Å². The van der Waals surface area contributed by atoms with Crippen LogP contribution < -0.4 is 0 Å². The standard InChI is InChI=1S/C21H30O5.2C2H4O2/c1-19-7-5-13(23)9-12(19)3-4-14-15-6-8-21(26,17(25)11-22)20(15,2)10-16(24)18(14)19;2*1-2(3)4/h9,14-16,18,22,24,26H,3-8,10-11H2,1-2H3;2*1H3,(H,3,4)/t14-,15-,16-,18+,19-,20-,21-;;/m0../s1. The van der Waals surface area contributed by atoms with Gasteiger partial charge in [-0.25, -0.2) is 0 Å². The maximum Gasteiger partial charge on any atom is 0.300 e. The molecule has 4 aliphatic rings. The Morgan fingerprint density at radius 2 is 1.59 bits per heavy atom. The number of fused-ring (bicyclic) bond motifs is 5. The van der Waals surface area contributed by atoms with Crippen LogP contribution in [0.4, 0.5) is 0 Å². The molecular formula is C25H38O9. The predicted octanol–water partition coefficient (Wildman–Crippen LogP) is 1.96. The van der Waals surface area contributed by atoms with Gasteiger partial charge in [0.05, 0.1) is 6.10 Å². The van der Waals surface area contributed by atoms with Crippen molar-refractivity contribution in [3.63, 3.8) is 0 Å². The number of allylic oxidation sites excluding steroid dienone is 1. The summed E-state index contributed by atoms with van der Waals surface area (Å²) in [5, 5.41) is 46.6. The lowest BCUT2D eigenvalue weighted by Crippen LogP contribution is -2.62. The van der Waals surface area contributed by atoms with Gasteiger partial charge in [0.15, 0.2) is 11.6 Å². The van der Waals surface area contributed by atoms with E-state index < -0.39 is 41.4 Å². The van der Waals surface area contributed by atoms with Crippen molar-refractivity contribution in [2.24, 2.45) is 28.6 Å². The Hall–Kier alpha value is -2.10. The van der Waals surface area contributed by atoms with Gasteiger partial charge in [-0.05, 0) is 67.8 Å². The highest BCUT2D eigenvalue weighted by atomic mass is 16.4. The molecule has 4 rings (SSSR count). The number of carboxylic acids is 2. The highest BCUT2D eigenvalue weighted by Gasteiger charge is 2.68. The quantitative estimate of drug-likeness (QED) is 0.395. The van der Waals surface area contributed by atoms with Gasteiger partial charge < -0.3 is 25.5 Å². The monoisotopic (exact) mass is 482 g/mol. The predicted molar refractivity (Wildman–Crippen MR) is 122 cm³/mol. The minimum atomic E-state index is -1.54. The van der Waals surface area contributed by atoms with Crippen LogP contribution in [0.2, 0.25) is 0 Å². The van der Waals surface area contributed by atoms with Crippen LogP contribution in [0.25, 0.3) is 0 Å². The first-order chi connectivity index (χ1) is 15.6. The van der Waals surface area contributed by atoms with Crippen LogP contribution in [0.1, 0.15) is 72.6 Å². The molecule has 0 bridgehead atoms. The normalized spacial score (nSPS) is 40.1. The molecule has 3 saturated carbocycles. The minimum Gasteiger partial charge on any atom is -0.481 e. The van der Waals surface area contributed by atoms with Crippen LogP contribution in [-0.2, 0) is 19.2 Å². The van der Waals surface area contributed by atoms with E-state index in [4.69, 9.17) is 19.8 Å². The molecule has 0 spiro atoms. The number of aliphatic hydroxyl groups excluding tert-OH is 2. The molecule has 192 valence electrons. The average molecular weight is 483 g/mol. The van der Waals surface area contributed by atoms with E-state index in [0.717, 1.165) is 39.5 Å². The van der Waals surface area contributed by atoms with Crippen molar-refractivity contribution in [1.29, 1.82) is 0 Å². The highest BCUT2D eigenvalue weighted by Crippen LogP contribution is 2.67. The zero-order valence-electron chi connectivity index (χ0n) is 20.4. The summed E-state index contributed by atoms with van der Waals surface area (Å²) in [6.45, 7) is 5.62. The van der Waals surface area contributed by atoms with Crippen LogP contribution in [-0.4, -0.2) is 67.3 Å². The summed E-state index contributed by atoms with van der Waals surface area (Å²) in [4.78, 5) is 42.3. The van der Waals surface area contributed by atoms with Gasteiger partial charge in [-0.3, -0.25) is 19.2 Å². The third-order valence-corrected chi connectivity index (χ3v) is 8.65. The molecule has 34 heavy (non-hydrogen) atoms. The van der Waals surface area contributed by atoms with E-state index in [9.17, 15) is 24.9 Å². The van der Waals surface area contributed by atoms with Gasteiger partial charge in [-0.15, -0.1) is 0 Å². The van der Waals surface area contributed by atoms with E-state index in [0.29, 0.717) is 19.3 Å². The maximum absolute atomic E-state index is 12.4. The molecule has 0 radical (unpaired) electrons. The lowest BCUT2D eigenvalue weighted by Gasteiger charge is -2.60. The van der Waals surface area contributed by atoms with Crippen LogP contribution in [0.15, 0.2) is 11.6 Å². The van der Waals surface area contributed by atoms with Crippen LogP contribution >= 0.6 is 0 Å². The summed E-state index contributed by atoms with van der Waals surface area (Å²) in [6.07, 6.45) is 5.74. The van der Waals surface area contributed by atoms with Crippen LogP contribution in [0, 0.1) is 28.6 Å². The zero-order valence-corrected chi connectivity index (χ0v) is 20.4. The number of hydrogen-bond donors (Lipinski definition) is 5. The number of rotatable bonds is 2. The van der Waals surface area contributed by atoms with Gasteiger partial charge in [0.25, 0.3) is 11.9 Å². The van der Waals surface area contributed by atoms with Gasteiger partial charge in [-0.2, -0.15) is 0 Å². The molecule has 0 heterocycles. The Balaban J connectivity index is 0.000000446. The molecule has 0 aromatic carbocycles. The van der Waals surface area contributed by atoms with Gasteiger partial charge in [0, 0.05) is 25.7 Å². The third kappa shape index (κ3) is 4.97. The average Bonchev–Trinajstić information content (AvgIpc) is 2.98. The number of Topliss-reactive ketones (excluding diaryl/α,β-unsaturated/α-hetero) is 1. The zero-order chi connectivity index (χ0) is 26.1. The second-order valence-electron chi connectivity index (χ2n) is 10.6. The summed E-state index contributed by atoms with van der Waals surface area (Å²) in [5.41, 5.74) is -1.23. The molecule has 0 saturated heterocycles. The van der Waals surface area contributed by atoms with Gasteiger partial charge in [0.1, 0.15) is 12.2 Å². The number of aliphatic hydroxyl groups is 3. The summed E-state index contributed by atoms with van der Waals surface area (Å²) in [6, 6.07) is 0. The molecule has 9 nitrogen and oxygen atoms in total. The Morgan fingerprint density at radius 1 is 1.03 bits per heavy atom. The summed E-state index contributed by atoms with van der Waals surface area (Å²) in [7, 11) is 0. The van der Waals surface area contributed by atoms with Crippen molar-refractivity contribution >= 4 is 23.5 Å². The van der Waals surface area contributed by atoms with Crippen molar-refractivity contribution in [1.82, 2.24) is 0 Å². The van der Waals surface area contributed by atoms with E-state index in [1.807, 2.05) is 6.92 Å². The number of hydrogen-bond acceptors (Lipinski definition) is 7. The Morgan fingerprint density at radius 3 is 2.12 bits per heavy atom. The topological polar surface area (TPSA) is 169 Å². The molecule has 0 aliphatic heterocycles. The number of ketones is 2. The van der Waals surface area contributed by atoms with Crippen molar-refractivity contribution in [2.45, 2.75) is 84.3 Å². The molecule has 0 aromatic heterocycles. The highest BCUT2D eigenvalue weighted by molar-refractivity contribution is 5.91. The first kappa shape index (κ1) is 28.1. The van der Waals surface area contributed by atoms with Crippen LogP contribution in [0.5, 0.6) is 0 Å². The fraction of sp³-hybridized carbons (Fsp3) is 0.760. The Kier molecular flexibility index (Phi) is 8.49. The second kappa shape index (κ2) is 10.3. The van der Waals surface area contributed by atoms with Crippen molar-refractivity contribution in [3.05, 3.63) is 11.6 Å². The smallest absolute Gasteiger partial charge is 0.300 e. The molecule has 0 unspecified atom stereocenters. The van der Waals surface area contributed by atoms with E-state index >= 15 is 0 Å². The number of aliphatic carboxylic acids is 2.